The molecule has 1 fully saturated rings. The highest BCUT2D eigenvalue weighted by molar-refractivity contribution is 5.82. The molecule has 0 bridgehead atoms. The fourth-order valence-electron chi connectivity index (χ4n) is 2.25. The number of hydrogen-bond acceptors (Lipinski definition) is 3. The largest absolute Gasteiger partial charge is 0.394 e. The molecule has 0 saturated carbocycles. The van der Waals surface area contributed by atoms with Gasteiger partial charge in [-0.1, -0.05) is 30.3 Å². The van der Waals surface area contributed by atoms with Crippen molar-refractivity contribution in [3.63, 3.8) is 0 Å². The molecule has 1 amide bonds. The van der Waals surface area contributed by atoms with Crippen molar-refractivity contribution in [2.45, 2.75) is 25.0 Å². The van der Waals surface area contributed by atoms with E-state index in [1.165, 1.54) is 0 Å². The molecule has 0 aromatic heterocycles. The van der Waals surface area contributed by atoms with E-state index in [2.05, 4.69) is 0 Å². The van der Waals surface area contributed by atoms with Gasteiger partial charge in [-0.25, -0.2) is 0 Å². The fourth-order valence-corrected chi connectivity index (χ4v) is 2.25. The highest BCUT2D eigenvalue weighted by Gasteiger charge is 2.32. The third kappa shape index (κ3) is 2.48. The van der Waals surface area contributed by atoms with Gasteiger partial charge in [0.15, 0.2) is 6.10 Å². The van der Waals surface area contributed by atoms with Crippen LogP contribution in [0.5, 0.6) is 0 Å². The van der Waals surface area contributed by atoms with Crippen molar-refractivity contribution in [1.82, 2.24) is 4.90 Å². The maximum absolute atomic E-state index is 12.1. The van der Waals surface area contributed by atoms with Crippen LogP contribution in [0.3, 0.4) is 0 Å². The van der Waals surface area contributed by atoms with Gasteiger partial charge in [-0.2, -0.15) is 0 Å². The number of carbonyl (C=O) groups excluding carboxylic acids is 1. The molecule has 0 aliphatic carbocycles. The first kappa shape index (κ1) is 12.1. The highest BCUT2D eigenvalue weighted by atomic mass is 16.3. The van der Waals surface area contributed by atoms with E-state index >= 15 is 0 Å². The van der Waals surface area contributed by atoms with Gasteiger partial charge in [0.2, 0.25) is 0 Å². The number of nitrogens with zero attached hydrogens (tertiary/aromatic N) is 1. The van der Waals surface area contributed by atoms with E-state index in [0.717, 1.165) is 12.8 Å². The summed E-state index contributed by atoms with van der Waals surface area (Å²) >= 11 is 0. The van der Waals surface area contributed by atoms with Gasteiger partial charge in [0, 0.05) is 6.54 Å². The van der Waals surface area contributed by atoms with Gasteiger partial charge in [0.1, 0.15) is 0 Å². The van der Waals surface area contributed by atoms with Gasteiger partial charge < -0.3 is 15.1 Å². The minimum absolute atomic E-state index is 0.0345. The third-order valence-corrected chi connectivity index (χ3v) is 3.22. The van der Waals surface area contributed by atoms with Crippen molar-refractivity contribution < 1.29 is 15.0 Å². The van der Waals surface area contributed by atoms with Crippen molar-refractivity contribution in [3.8, 4) is 0 Å². The molecule has 0 radical (unpaired) electrons. The van der Waals surface area contributed by atoms with Crippen molar-refractivity contribution >= 4 is 5.91 Å². The maximum Gasteiger partial charge on any atom is 0.256 e. The Hall–Kier alpha value is -1.39. The smallest absolute Gasteiger partial charge is 0.256 e. The molecule has 4 nitrogen and oxygen atoms in total. The van der Waals surface area contributed by atoms with Gasteiger partial charge in [-0.3, -0.25) is 4.79 Å². The Bertz CT molecular complexity index is 380. The molecule has 1 aliphatic rings. The lowest BCUT2D eigenvalue weighted by molar-refractivity contribution is -0.142. The summed E-state index contributed by atoms with van der Waals surface area (Å²) < 4.78 is 0. The Kier molecular flexibility index (Phi) is 3.76. The number of aliphatic hydroxyl groups is 2. The number of aliphatic hydroxyl groups excluding tert-OH is 2. The molecule has 1 aromatic rings. The first-order chi connectivity index (χ1) is 8.24. The second-order valence-electron chi connectivity index (χ2n) is 4.32. The van der Waals surface area contributed by atoms with E-state index in [1.807, 2.05) is 6.07 Å². The van der Waals surface area contributed by atoms with E-state index in [1.54, 1.807) is 29.2 Å². The number of likely N-dealkylation sites (tertiary alicyclic amines) is 1. The highest BCUT2D eigenvalue weighted by Crippen LogP contribution is 2.22. The number of hydrogen-bond donors (Lipinski definition) is 2. The molecule has 1 unspecified atom stereocenters. The fraction of sp³-hybridized carbons (Fsp3) is 0.462. The van der Waals surface area contributed by atoms with Crippen LogP contribution in [0.1, 0.15) is 24.5 Å². The van der Waals surface area contributed by atoms with Crippen LogP contribution < -0.4 is 0 Å². The zero-order valence-corrected chi connectivity index (χ0v) is 9.62. The summed E-state index contributed by atoms with van der Waals surface area (Å²) in [5.74, 6) is -0.312. The van der Waals surface area contributed by atoms with Crippen molar-refractivity contribution in [2.75, 3.05) is 13.2 Å². The van der Waals surface area contributed by atoms with E-state index in [9.17, 15) is 9.90 Å². The Balaban J connectivity index is 2.10. The Morgan fingerprint density at radius 2 is 2.12 bits per heavy atom. The van der Waals surface area contributed by atoms with Gasteiger partial charge in [0.05, 0.1) is 12.6 Å². The molecule has 1 saturated heterocycles. The lowest BCUT2D eigenvalue weighted by Crippen LogP contribution is -2.40. The first-order valence-electron chi connectivity index (χ1n) is 5.88. The van der Waals surface area contributed by atoms with E-state index in [4.69, 9.17) is 5.11 Å². The molecular weight excluding hydrogens is 218 g/mol. The lowest BCUT2D eigenvalue weighted by atomic mass is 10.1. The van der Waals surface area contributed by atoms with E-state index < -0.39 is 6.10 Å². The monoisotopic (exact) mass is 235 g/mol. The Morgan fingerprint density at radius 1 is 1.41 bits per heavy atom. The molecule has 17 heavy (non-hydrogen) atoms. The number of carbonyl (C=O) groups is 1. The van der Waals surface area contributed by atoms with Crippen LogP contribution in [-0.2, 0) is 4.79 Å². The Morgan fingerprint density at radius 3 is 2.76 bits per heavy atom. The summed E-state index contributed by atoms with van der Waals surface area (Å²) in [5.41, 5.74) is 0.598. The van der Waals surface area contributed by atoms with Gasteiger partial charge in [-0.15, -0.1) is 0 Å². The molecule has 1 heterocycles. The minimum atomic E-state index is -1.12. The van der Waals surface area contributed by atoms with Crippen LogP contribution in [0.2, 0.25) is 0 Å². The third-order valence-electron chi connectivity index (χ3n) is 3.22. The molecule has 92 valence electrons. The average molecular weight is 235 g/mol. The van der Waals surface area contributed by atoms with Crippen molar-refractivity contribution in [1.29, 1.82) is 0 Å². The molecule has 4 heteroatoms. The summed E-state index contributed by atoms with van der Waals surface area (Å²) in [6, 6.07) is 8.74. The van der Waals surface area contributed by atoms with Gasteiger partial charge in [0.25, 0.3) is 5.91 Å². The zero-order valence-electron chi connectivity index (χ0n) is 9.62. The summed E-state index contributed by atoms with van der Waals surface area (Å²) in [6.07, 6.45) is 0.575. The van der Waals surface area contributed by atoms with Crippen LogP contribution in [-0.4, -0.2) is 40.2 Å². The standard InChI is InChI=1S/C13H17NO3/c15-9-11-7-4-8-14(11)13(17)12(16)10-5-2-1-3-6-10/h1-3,5-6,11-12,15-16H,4,7-9H2/t11?,12-/m1/s1. The van der Waals surface area contributed by atoms with E-state index in [-0.39, 0.29) is 18.6 Å². The van der Waals surface area contributed by atoms with Gasteiger partial charge in [-0.05, 0) is 18.4 Å². The van der Waals surface area contributed by atoms with Crippen LogP contribution in [0.4, 0.5) is 0 Å². The number of benzene rings is 1. The normalized spacial score (nSPS) is 21.5. The van der Waals surface area contributed by atoms with Crippen molar-refractivity contribution in [3.05, 3.63) is 35.9 Å². The second-order valence-corrected chi connectivity index (χ2v) is 4.32. The molecular formula is C13H17NO3. The maximum atomic E-state index is 12.1. The second kappa shape index (κ2) is 5.29. The average Bonchev–Trinajstić information content (AvgIpc) is 2.86. The predicted molar refractivity (Wildman–Crippen MR) is 63.2 cm³/mol. The SMILES string of the molecule is O=C([C@H](O)c1ccccc1)N1CCCC1CO. The molecule has 1 aromatic carbocycles. The summed E-state index contributed by atoms with van der Waals surface area (Å²) in [6.45, 7) is 0.585. The molecule has 2 N–H and O–H groups in total. The number of rotatable bonds is 3. The summed E-state index contributed by atoms with van der Waals surface area (Å²) in [5, 5.41) is 19.2. The molecule has 2 atom stereocenters. The molecule has 0 spiro atoms. The summed E-state index contributed by atoms with van der Waals surface area (Å²) in [4.78, 5) is 13.7. The first-order valence-corrected chi connectivity index (χ1v) is 5.88. The zero-order chi connectivity index (χ0) is 12.3. The Labute approximate surface area is 100 Å². The van der Waals surface area contributed by atoms with Crippen LogP contribution >= 0.6 is 0 Å². The molecule has 1 aliphatic heterocycles. The van der Waals surface area contributed by atoms with Crippen LogP contribution in [0, 0.1) is 0 Å². The van der Waals surface area contributed by atoms with Crippen LogP contribution in [0.25, 0.3) is 0 Å². The summed E-state index contributed by atoms with van der Waals surface area (Å²) in [7, 11) is 0. The topological polar surface area (TPSA) is 60.8 Å². The lowest BCUT2D eigenvalue weighted by Gasteiger charge is -2.25. The quantitative estimate of drug-likeness (QED) is 0.811. The van der Waals surface area contributed by atoms with Crippen molar-refractivity contribution in [2.24, 2.45) is 0 Å². The van der Waals surface area contributed by atoms with Crippen LogP contribution in [0.15, 0.2) is 30.3 Å². The van der Waals surface area contributed by atoms with Gasteiger partial charge >= 0.3 is 0 Å². The minimum Gasteiger partial charge on any atom is -0.394 e. The predicted octanol–water partition coefficient (Wildman–Crippen LogP) is 0.703. The molecule has 2 rings (SSSR count). The number of amides is 1. The van der Waals surface area contributed by atoms with E-state index in [0.29, 0.717) is 12.1 Å².